The van der Waals surface area contributed by atoms with Gasteiger partial charge in [0.15, 0.2) is 0 Å². The maximum atomic E-state index is 12.8. The van der Waals surface area contributed by atoms with E-state index in [0.717, 1.165) is 0 Å². The average Bonchev–Trinajstić information content (AvgIpc) is 2.66. The third-order valence-corrected chi connectivity index (χ3v) is 1.69. The van der Waals surface area contributed by atoms with Crippen LogP contribution in [0.1, 0.15) is 5.89 Å². The van der Waals surface area contributed by atoms with Crippen molar-refractivity contribution in [2.24, 2.45) is 0 Å². The number of rotatable bonds is 2. The first-order valence-corrected chi connectivity index (χ1v) is 3.99. The fraction of sp³-hybridized carbons (Fsp3) is 0.111. The number of nitrogens with zero attached hydrogens (tertiary/aromatic N) is 2. The molecule has 1 aromatic carbocycles. The molecule has 0 spiro atoms. The fourth-order valence-corrected chi connectivity index (χ4v) is 1.06. The zero-order valence-electron chi connectivity index (χ0n) is 7.14. The molecule has 0 radical (unpaired) electrons. The van der Waals surface area contributed by atoms with Gasteiger partial charge in [-0.05, 0) is 12.1 Å². The van der Waals surface area contributed by atoms with E-state index in [1.165, 1.54) is 12.1 Å². The highest BCUT2D eigenvalue weighted by Gasteiger charge is 2.07. The molecule has 2 aromatic rings. The first-order valence-electron chi connectivity index (χ1n) is 3.99. The molecular formula is C9H7FN2O2. The van der Waals surface area contributed by atoms with Gasteiger partial charge < -0.3 is 9.63 Å². The minimum atomic E-state index is -0.363. The van der Waals surface area contributed by atoms with Crippen LogP contribution < -0.4 is 0 Å². The maximum absolute atomic E-state index is 12.8. The number of aliphatic hydroxyl groups excluding tert-OH is 1. The Morgan fingerprint density at radius 1 is 1.43 bits per heavy atom. The van der Waals surface area contributed by atoms with Crippen LogP contribution in [0.25, 0.3) is 11.4 Å². The molecule has 2 rings (SSSR count). The van der Waals surface area contributed by atoms with E-state index in [4.69, 9.17) is 5.11 Å². The number of hydrogen-bond donors (Lipinski definition) is 1. The summed E-state index contributed by atoms with van der Waals surface area (Å²) in [6.45, 7) is -0.317. The highest BCUT2D eigenvalue weighted by molar-refractivity contribution is 5.53. The molecule has 0 bridgehead atoms. The van der Waals surface area contributed by atoms with Crippen LogP contribution in [0.2, 0.25) is 0 Å². The Labute approximate surface area is 79.0 Å². The van der Waals surface area contributed by atoms with Gasteiger partial charge in [-0.25, -0.2) is 4.39 Å². The van der Waals surface area contributed by atoms with Crippen molar-refractivity contribution in [3.8, 4) is 11.4 Å². The fourth-order valence-electron chi connectivity index (χ4n) is 1.06. The Bertz CT molecular complexity index is 442. The Kier molecular flexibility index (Phi) is 2.24. The highest BCUT2D eigenvalue weighted by atomic mass is 19.1. The van der Waals surface area contributed by atoms with Gasteiger partial charge in [0.25, 0.3) is 5.89 Å². The van der Waals surface area contributed by atoms with Crippen LogP contribution in [0.3, 0.4) is 0 Å². The summed E-state index contributed by atoms with van der Waals surface area (Å²) in [6, 6.07) is 5.84. The van der Waals surface area contributed by atoms with Gasteiger partial charge in [0.1, 0.15) is 12.4 Å². The van der Waals surface area contributed by atoms with Gasteiger partial charge in [-0.2, -0.15) is 4.98 Å². The Balaban J connectivity index is 2.39. The maximum Gasteiger partial charge on any atom is 0.252 e. The number of benzene rings is 1. The van der Waals surface area contributed by atoms with Crippen molar-refractivity contribution in [2.75, 3.05) is 0 Å². The van der Waals surface area contributed by atoms with E-state index in [9.17, 15) is 4.39 Å². The van der Waals surface area contributed by atoms with E-state index in [1.807, 2.05) is 0 Å². The van der Waals surface area contributed by atoms with E-state index in [2.05, 4.69) is 14.7 Å². The molecule has 0 unspecified atom stereocenters. The molecule has 0 aliphatic heterocycles. The summed E-state index contributed by atoms with van der Waals surface area (Å²) < 4.78 is 17.5. The molecule has 72 valence electrons. The monoisotopic (exact) mass is 194 g/mol. The summed E-state index contributed by atoms with van der Waals surface area (Å²) in [7, 11) is 0. The zero-order valence-corrected chi connectivity index (χ0v) is 7.14. The van der Waals surface area contributed by atoms with Crippen molar-refractivity contribution < 1.29 is 14.0 Å². The van der Waals surface area contributed by atoms with E-state index < -0.39 is 0 Å². The van der Waals surface area contributed by atoms with Crippen molar-refractivity contribution in [1.29, 1.82) is 0 Å². The smallest absolute Gasteiger partial charge is 0.252 e. The van der Waals surface area contributed by atoms with Gasteiger partial charge in [0.2, 0.25) is 5.82 Å². The van der Waals surface area contributed by atoms with Crippen LogP contribution >= 0.6 is 0 Å². The molecule has 5 heteroatoms. The van der Waals surface area contributed by atoms with Crippen LogP contribution in [0, 0.1) is 5.82 Å². The van der Waals surface area contributed by atoms with Gasteiger partial charge in [-0.1, -0.05) is 17.3 Å². The van der Waals surface area contributed by atoms with Gasteiger partial charge in [-0.3, -0.25) is 0 Å². The zero-order chi connectivity index (χ0) is 9.97. The third kappa shape index (κ3) is 1.62. The molecule has 0 amide bonds. The SMILES string of the molecule is OCc1nc(-c2cccc(F)c2)no1. The lowest BCUT2D eigenvalue weighted by Gasteiger charge is -1.92. The van der Waals surface area contributed by atoms with Crippen molar-refractivity contribution in [2.45, 2.75) is 6.61 Å². The normalized spacial score (nSPS) is 10.4. The highest BCUT2D eigenvalue weighted by Crippen LogP contribution is 2.16. The summed E-state index contributed by atoms with van der Waals surface area (Å²) in [5, 5.41) is 12.3. The first kappa shape index (κ1) is 8.83. The lowest BCUT2D eigenvalue weighted by Crippen LogP contribution is -1.84. The van der Waals surface area contributed by atoms with E-state index in [1.54, 1.807) is 12.1 Å². The van der Waals surface area contributed by atoms with Crippen LogP contribution in [0.5, 0.6) is 0 Å². The molecule has 0 fully saturated rings. The van der Waals surface area contributed by atoms with Crippen molar-refractivity contribution >= 4 is 0 Å². The molecule has 0 saturated heterocycles. The van der Waals surface area contributed by atoms with Gasteiger partial charge in [0, 0.05) is 5.56 Å². The molecule has 1 N–H and O–H groups in total. The van der Waals surface area contributed by atoms with Crippen LogP contribution in [0.4, 0.5) is 4.39 Å². The van der Waals surface area contributed by atoms with Gasteiger partial charge in [0.05, 0.1) is 0 Å². The van der Waals surface area contributed by atoms with Crippen molar-refractivity contribution in [1.82, 2.24) is 10.1 Å². The Morgan fingerprint density at radius 3 is 2.93 bits per heavy atom. The average molecular weight is 194 g/mol. The largest absolute Gasteiger partial charge is 0.387 e. The van der Waals surface area contributed by atoms with Crippen LogP contribution in [0.15, 0.2) is 28.8 Å². The van der Waals surface area contributed by atoms with Gasteiger partial charge >= 0.3 is 0 Å². The summed E-state index contributed by atoms with van der Waals surface area (Å²) >= 11 is 0. The summed E-state index contributed by atoms with van der Waals surface area (Å²) in [4.78, 5) is 3.85. The summed E-state index contributed by atoms with van der Waals surface area (Å²) in [5.74, 6) is 0.0238. The molecular weight excluding hydrogens is 187 g/mol. The quantitative estimate of drug-likeness (QED) is 0.784. The number of aromatic nitrogens is 2. The number of halogens is 1. The van der Waals surface area contributed by atoms with Gasteiger partial charge in [-0.15, -0.1) is 0 Å². The lowest BCUT2D eigenvalue weighted by molar-refractivity contribution is 0.222. The van der Waals surface area contributed by atoms with E-state index >= 15 is 0 Å². The molecule has 0 aliphatic carbocycles. The second-order valence-electron chi connectivity index (χ2n) is 2.68. The Morgan fingerprint density at radius 2 is 2.29 bits per heavy atom. The molecule has 0 atom stereocenters. The van der Waals surface area contributed by atoms with Crippen molar-refractivity contribution in [3.05, 3.63) is 36.0 Å². The first-order chi connectivity index (χ1) is 6.79. The minimum Gasteiger partial charge on any atom is -0.387 e. The van der Waals surface area contributed by atoms with Crippen LogP contribution in [-0.4, -0.2) is 15.2 Å². The standard InChI is InChI=1S/C9H7FN2O2/c10-7-3-1-2-6(4-7)9-11-8(5-13)14-12-9/h1-4,13H,5H2. The number of aliphatic hydroxyl groups is 1. The van der Waals surface area contributed by atoms with Crippen LogP contribution in [-0.2, 0) is 6.61 Å². The second kappa shape index (κ2) is 3.55. The van der Waals surface area contributed by atoms with E-state index in [-0.39, 0.29) is 24.1 Å². The predicted octanol–water partition coefficient (Wildman–Crippen LogP) is 1.37. The minimum absolute atomic E-state index is 0.115. The Hall–Kier alpha value is -1.75. The topological polar surface area (TPSA) is 59.2 Å². The molecule has 14 heavy (non-hydrogen) atoms. The molecule has 0 aliphatic rings. The predicted molar refractivity (Wildman–Crippen MR) is 45.6 cm³/mol. The molecule has 0 saturated carbocycles. The van der Waals surface area contributed by atoms with E-state index in [0.29, 0.717) is 5.56 Å². The number of hydrogen-bond acceptors (Lipinski definition) is 4. The molecule has 1 heterocycles. The third-order valence-electron chi connectivity index (χ3n) is 1.69. The lowest BCUT2D eigenvalue weighted by atomic mass is 10.2. The molecule has 4 nitrogen and oxygen atoms in total. The molecule has 1 aromatic heterocycles. The summed E-state index contributed by atoms with van der Waals surface area (Å²) in [5.41, 5.74) is 0.522. The van der Waals surface area contributed by atoms with Crippen molar-refractivity contribution in [3.63, 3.8) is 0 Å². The second-order valence-corrected chi connectivity index (χ2v) is 2.68. The summed E-state index contributed by atoms with van der Waals surface area (Å²) in [6.07, 6.45) is 0.